The number of para-hydroxylation sites is 1. The molecule has 6 nitrogen and oxygen atoms in total. The molecule has 0 aromatic heterocycles. The Morgan fingerprint density at radius 3 is 2.34 bits per heavy atom. The number of rotatable bonds is 2. The van der Waals surface area contributed by atoms with Gasteiger partial charge >= 0.3 is 0 Å². The summed E-state index contributed by atoms with van der Waals surface area (Å²) in [5, 5.41) is 0. The maximum Gasteiger partial charge on any atom is 0.297 e. The van der Waals surface area contributed by atoms with E-state index in [1.165, 1.54) is 6.42 Å². The van der Waals surface area contributed by atoms with Gasteiger partial charge in [0.05, 0.1) is 18.9 Å². The Bertz CT molecular complexity index is 931. The lowest BCUT2D eigenvalue weighted by molar-refractivity contribution is -0.256. The molecule has 3 aliphatic rings. The number of fused-ring (bicyclic) bond motifs is 2. The lowest BCUT2D eigenvalue weighted by Crippen LogP contribution is -2.46. The van der Waals surface area contributed by atoms with E-state index >= 15 is 0 Å². The third-order valence-corrected chi connectivity index (χ3v) is 5.88. The van der Waals surface area contributed by atoms with E-state index in [9.17, 15) is 9.59 Å². The summed E-state index contributed by atoms with van der Waals surface area (Å²) < 4.78 is 11.9. The normalized spacial score (nSPS) is 20.8. The van der Waals surface area contributed by atoms with Crippen LogP contribution in [0.3, 0.4) is 0 Å². The largest absolute Gasteiger partial charge is 0.339 e. The highest BCUT2D eigenvalue weighted by atomic mass is 16.7. The van der Waals surface area contributed by atoms with Crippen LogP contribution in [-0.2, 0) is 20.1 Å². The molecule has 3 heterocycles. The fourth-order valence-electron chi connectivity index (χ4n) is 4.42. The quantitative estimate of drug-likeness (QED) is 0.784. The van der Waals surface area contributed by atoms with Gasteiger partial charge in [0.15, 0.2) is 0 Å². The molecule has 3 aliphatic heterocycles. The van der Waals surface area contributed by atoms with Gasteiger partial charge in [-0.25, -0.2) is 0 Å². The zero-order valence-electron chi connectivity index (χ0n) is 16.3. The second-order valence-electron chi connectivity index (χ2n) is 7.73. The van der Waals surface area contributed by atoms with Crippen LogP contribution < -0.4 is 4.90 Å². The predicted octanol–water partition coefficient (Wildman–Crippen LogP) is 3.58. The smallest absolute Gasteiger partial charge is 0.297 e. The molecule has 29 heavy (non-hydrogen) atoms. The fraction of sp³-hybridized carbons (Fsp3) is 0.391. The maximum atomic E-state index is 13.5. The number of nitrogens with zero attached hydrogens (tertiary/aromatic N) is 2. The highest BCUT2D eigenvalue weighted by Crippen LogP contribution is 2.48. The van der Waals surface area contributed by atoms with Gasteiger partial charge in [-0.1, -0.05) is 18.2 Å². The van der Waals surface area contributed by atoms with Gasteiger partial charge in [-0.2, -0.15) is 0 Å². The van der Waals surface area contributed by atoms with Crippen molar-refractivity contribution in [3.05, 3.63) is 59.7 Å². The molecule has 2 aromatic rings. The summed E-state index contributed by atoms with van der Waals surface area (Å²) >= 11 is 0. The lowest BCUT2D eigenvalue weighted by atomic mass is 10.0. The number of hydrogen-bond donors (Lipinski definition) is 0. The molecule has 0 bridgehead atoms. The first-order chi connectivity index (χ1) is 14.2. The molecule has 1 spiro atoms. The average Bonchev–Trinajstić information content (AvgIpc) is 3.02. The average molecular weight is 392 g/mol. The van der Waals surface area contributed by atoms with E-state index in [0.29, 0.717) is 30.0 Å². The van der Waals surface area contributed by atoms with Crippen molar-refractivity contribution in [3.8, 4) is 0 Å². The molecule has 150 valence electrons. The van der Waals surface area contributed by atoms with E-state index in [1.807, 2.05) is 41.3 Å². The first-order valence-electron chi connectivity index (χ1n) is 10.3. The van der Waals surface area contributed by atoms with Crippen LogP contribution in [-0.4, -0.2) is 43.0 Å². The Labute approximate surface area is 170 Å². The number of carbonyl (C=O) groups excluding carboxylic acids is 2. The second kappa shape index (κ2) is 7.28. The molecule has 0 unspecified atom stereocenters. The van der Waals surface area contributed by atoms with Crippen molar-refractivity contribution in [1.82, 2.24) is 4.90 Å². The fourth-order valence-corrected chi connectivity index (χ4v) is 4.42. The third kappa shape index (κ3) is 2.94. The van der Waals surface area contributed by atoms with Gasteiger partial charge in [-0.15, -0.1) is 0 Å². The van der Waals surface area contributed by atoms with Crippen LogP contribution in [0.4, 0.5) is 11.4 Å². The summed E-state index contributed by atoms with van der Waals surface area (Å²) in [5.74, 6) is -1.73. The molecular weight excluding hydrogens is 368 g/mol. The third-order valence-electron chi connectivity index (χ3n) is 5.88. The molecule has 2 aromatic carbocycles. The van der Waals surface area contributed by atoms with Crippen LogP contribution in [0.5, 0.6) is 0 Å². The van der Waals surface area contributed by atoms with E-state index in [0.717, 1.165) is 38.0 Å². The Morgan fingerprint density at radius 1 is 0.897 bits per heavy atom. The number of carbonyl (C=O) groups is 2. The Balaban J connectivity index is 1.59. The van der Waals surface area contributed by atoms with Gasteiger partial charge < -0.3 is 14.4 Å². The summed E-state index contributed by atoms with van der Waals surface area (Å²) in [5.41, 5.74) is 2.65. The summed E-state index contributed by atoms with van der Waals surface area (Å²) in [6.45, 7) is 2.45. The highest BCUT2D eigenvalue weighted by Gasteiger charge is 2.55. The number of benzene rings is 2. The van der Waals surface area contributed by atoms with Gasteiger partial charge in [0.25, 0.3) is 17.6 Å². The van der Waals surface area contributed by atoms with Crippen molar-refractivity contribution in [3.63, 3.8) is 0 Å². The van der Waals surface area contributed by atoms with Crippen LogP contribution in [0.2, 0.25) is 0 Å². The molecule has 5 rings (SSSR count). The first-order valence-corrected chi connectivity index (χ1v) is 10.3. The second-order valence-corrected chi connectivity index (χ2v) is 7.73. The zero-order chi connectivity index (χ0) is 19.8. The molecule has 2 amide bonds. The summed E-state index contributed by atoms with van der Waals surface area (Å²) in [6.07, 6.45) is 3.97. The first kappa shape index (κ1) is 18.3. The SMILES string of the molecule is O=C(c1ccc2c(c1)C1(OCCCO1)C(=O)N2c1ccccc1)N1CCCCC1. The molecule has 2 fully saturated rings. The molecule has 2 saturated heterocycles. The van der Waals surface area contributed by atoms with Crippen LogP contribution in [0.15, 0.2) is 48.5 Å². The van der Waals surface area contributed by atoms with Gasteiger partial charge in [0.2, 0.25) is 0 Å². The van der Waals surface area contributed by atoms with Gasteiger partial charge in [-0.3, -0.25) is 14.5 Å². The highest BCUT2D eigenvalue weighted by molar-refractivity contribution is 6.12. The van der Waals surface area contributed by atoms with Gasteiger partial charge in [0, 0.05) is 29.9 Å². The minimum absolute atomic E-state index is 0.00377. The molecule has 0 N–H and O–H groups in total. The van der Waals surface area contributed by atoms with Crippen molar-refractivity contribution in [2.45, 2.75) is 31.5 Å². The molecule has 6 heteroatoms. The number of amides is 2. The number of hydrogen-bond acceptors (Lipinski definition) is 4. The van der Waals surface area contributed by atoms with Crippen molar-refractivity contribution in [2.75, 3.05) is 31.2 Å². The van der Waals surface area contributed by atoms with Crippen LogP contribution >= 0.6 is 0 Å². The van der Waals surface area contributed by atoms with Gasteiger partial charge in [0.1, 0.15) is 0 Å². The van der Waals surface area contributed by atoms with E-state index in [2.05, 4.69) is 0 Å². The number of likely N-dealkylation sites (tertiary alicyclic amines) is 1. The molecule has 0 atom stereocenters. The number of ether oxygens (including phenoxy) is 2. The Kier molecular flexibility index (Phi) is 4.60. The number of piperidine rings is 1. The standard InChI is InChI=1S/C23H24N2O4/c26-21(24-12-5-2-6-13-24)17-10-11-20-19(16-17)23(28-14-7-15-29-23)22(27)25(20)18-8-3-1-4-9-18/h1,3-4,8-11,16H,2,5-7,12-15H2. The Morgan fingerprint density at radius 2 is 1.62 bits per heavy atom. The summed E-state index contributed by atoms with van der Waals surface area (Å²) in [6, 6.07) is 14.9. The van der Waals surface area contributed by atoms with Crippen LogP contribution in [0.25, 0.3) is 0 Å². The van der Waals surface area contributed by atoms with Crippen molar-refractivity contribution < 1.29 is 19.1 Å². The van der Waals surface area contributed by atoms with Crippen molar-refractivity contribution in [2.24, 2.45) is 0 Å². The topological polar surface area (TPSA) is 59.1 Å². The number of anilines is 2. The van der Waals surface area contributed by atoms with E-state index in [4.69, 9.17) is 9.47 Å². The Hall–Kier alpha value is -2.70. The van der Waals surface area contributed by atoms with E-state index in [1.54, 1.807) is 17.0 Å². The lowest BCUT2D eigenvalue weighted by Gasteiger charge is -2.32. The van der Waals surface area contributed by atoms with Crippen LogP contribution in [0.1, 0.15) is 41.6 Å². The molecular formula is C23H24N2O4. The molecule has 0 aliphatic carbocycles. The van der Waals surface area contributed by atoms with Crippen molar-refractivity contribution >= 4 is 23.2 Å². The minimum Gasteiger partial charge on any atom is -0.339 e. The molecule has 0 radical (unpaired) electrons. The summed E-state index contributed by atoms with van der Waals surface area (Å²) in [4.78, 5) is 30.1. The van der Waals surface area contributed by atoms with E-state index < -0.39 is 5.79 Å². The zero-order valence-corrected chi connectivity index (χ0v) is 16.3. The maximum absolute atomic E-state index is 13.5. The van der Waals surface area contributed by atoms with E-state index in [-0.39, 0.29) is 11.8 Å². The summed E-state index contributed by atoms with van der Waals surface area (Å²) in [7, 11) is 0. The van der Waals surface area contributed by atoms with Gasteiger partial charge in [-0.05, 0) is 56.0 Å². The van der Waals surface area contributed by atoms with Crippen LogP contribution in [0, 0.1) is 0 Å². The minimum atomic E-state index is -1.47. The molecule has 0 saturated carbocycles. The monoisotopic (exact) mass is 392 g/mol. The van der Waals surface area contributed by atoms with Crippen molar-refractivity contribution in [1.29, 1.82) is 0 Å². The predicted molar refractivity (Wildman–Crippen MR) is 108 cm³/mol.